The summed E-state index contributed by atoms with van der Waals surface area (Å²) in [6.45, 7) is 6.09. The van der Waals surface area contributed by atoms with Crippen molar-refractivity contribution in [3.63, 3.8) is 0 Å². The van der Waals surface area contributed by atoms with Gasteiger partial charge in [-0.2, -0.15) is 0 Å². The zero-order valence-corrected chi connectivity index (χ0v) is 12.7. The summed E-state index contributed by atoms with van der Waals surface area (Å²) >= 11 is 3.38. The Morgan fingerprint density at radius 1 is 1.33 bits per heavy atom. The molecule has 0 fully saturated rings. The van der Waals surface area contributed by atoms with Crippen LogP contribution in [-0.4, -0.2) is 23.8 Å². The molecule has 1 amide bonds. The number of amides is 1. The molecule has 0 aliphatic carbocycles. The van der Waals surface area contributed by atoms with Crippen molar-refractivity contribution in [2.75, 3.05) is 7.05 Å². The number of carbonyl (C=O) groups excluding carboxylic acids is 1. The normalized spacial score (nSPS) is 11.2. The summed E-state index contributed by atoms with van der Waals surface area (Å²) in [7, 11) is 1.65. The number of carbonyl (C=O) groups is 1. The number of hydrogen-bond acceptors (Lipinski definition) is 3. The van der Waals surface area contributed by atoms with Crippen molar-refractivity contribution in [2.24, 2.45) is 0 Å². The van der Waals surface area contributed by atoms with Crippen LogP contribution in [0.15, 0.2) is 28.7 Å². The average molecular weight is 315 g/mol. The molecular formula is C13H19BrN2O2. The third kappa shape index (κ3) is 5.51. The zero-order valence-electron chi connectivity index (χ0n) is 11.2. The molecule has 0 radical (unpaired) electrons. The zero-order chi connectivity index (χ0) is 13.8. The lowest BCUT2D eigenvalue weighted by atomic mass is 10.2. The summed E-state index contributed by atoms with van der Waals surface area (Å²) in [6.07, 6.45) is -0.389. The second kappa shape index (κ2) is 6.20. The van der Waals surface area contributed by atoms with Crippen molar-refractivity contribution < 1.29 is 9.53 Å². The molecule has 18 heavy (non-hydrogen) atoms. The van der Waals surface area contributed by atoms with Gasteiger partial charge >= 0.3 is 6.09 Å². The molecule has 0 bridgehead atoms. The van der Waals surface area contributed by atoms with Crippen LogP contribution in [0.25, 0.3) is 0 Å². The predicted octanol–water partition coefficient (Wildman–Crippen LogP) is 3.32. The molecular weight excluding hydrogens is 296 g/mol. The van der Waals surface area contributed by atoms with Gasteiger partial charge in [-0.05, 0) is 38.5 Å². The molecule has 0 aromatic heterocycles. The minimum atomic E-state index is -0.482. The summed E-state index contributed by atoms with van der Waals surface area (Å²) in [5, 5.41) is 1.35. The van der Waals surface area contributed by atoms with Crippen LogP contribution in [0.2, 0.25) is 0 Å². The van der Waals surface area contributed by atoms with Gasteiger partial charge in [0, 0.05) is 18.1 Å². The molecule has 1 aromatic rings. The van der Waals surface area contributed by atoms with E-state index in [1.807, 2.05) is 45.0 Å². The Morgan fingerprint density at radius 2 is 1.89 bits per heavy atom. The average Bonchev–Trinajstić information content (AvgIpc) is 2.25. The van der Waals surface area contributed by atoms with E-state index in [0.29, 0.717) is 6.54 Å². The largest absolute Gasteiger partial charge is 0.443 e. The Morgan fingerprint density at radius 3 is 2.39 bits per heavy atom. The number of nitrogens with zero attached hydrogens (tertiary/aromatic N) is 1. The summed E-state index contributed by atoms with van der Waals surface area (Å²) < 4.78 is 6.26. The van der Waals surface area contributed by atoms with E-state index in [1.165, 1.54) is 5.01 Å². The quantitative estimate of drug-likeness (QED) is 0.870. The Hall–Kier alpha value is -1.07. The van der Waals surface area contributed by atoms with Gasteiger partial charge in [-0.25, -0.2) is 15.2 Å². The summed E-state index contributed by atoms with van der Waals surface area (Å²) in [5.41, 5.74) is 3.59. The van der Waals surface area contributed by atoms with E-state index in [1.54, 1.807) is 7.05 Å². The maximum absolute atomic E-state index is 11.7. The van der Waals surface area contributed by atoms with Gasteiger partial charge < -0.3 is 4.74 Å². The number of benzene rings is 1. The van der Waals surface area contributed by atoms with Gasteiger partial charge in [0.2, 0.25) is 0 Å². The number of hydrazine groups is 1. The molecule has 1 rings (SSSR count). The molecule has 0 spiro atoms. The molecule has 1 N–H and O–H groups in total. The fourth-order valence-electron chi connectivity index (χ4n) is 1.21. The first-order valence-electron chi connectivity index (χ1n) is 5.72. The first kappa shape index (κ1) is 15.0. The van der Waals surface area contributed by atoms with Crippen LogP contribution in [0, 0.1) is 0 Å². The second-order valence-corrected chi connectivity index (χ2v) is 5.92. The first-order valence-corrected chi connectivity index (χ1v) is 6.52. The van der Waals surface area contributed by atoms with Crippen LogP contribution in [-0.2, 0) is 11.3 Å². The van der Waals surface area contributed by atoms with Crippen molar-refractivity contribution in [3.8, 4) is 0 Å². The van der Waals surface area contributed by atoms with E-state index in [0.717, 1.165) is 10.0 Å². The SMILES string of the molecule is CN(NCc1ccc(Br)cc1)C(=O)OC(C)(C)C. The number of rotatable bonds is 3. The number of nitrogens with one attached hydrogen (secondary N) is 1. The first-order chi connectivity index (χ1) is 8.28. The van der Waals surface area contributed by atoms with Gasteiger partial charge in [-0.15, -0.1) is 0 Å². The highest BCUT2D eigenvalue weighted by Gasteiger charge is 2.19. The molecule has 100 valence electrons. The predicted molar refractivity (Wildman–Crippen MR) is 75.0 cm³/mol. The summed E-state index contributed by atoms with van der Waals surface area (Å²) in [5.74, 6) is 0. The topological polar surface area (TPSA) is 41.6 Å². The molecule has 0 heterocycles. The van der Waals surface area contributed by atoms with Crippen LogP contribution < -0.4 is 5.43 Å². The maximum Gasteiger partial charge on any atom is 0.424 e. The van der Waals surface area contributed by atoms with E-state index in [4.69, 9.17) is 4.74 Å². The molecule has 5 heteroatoms. The smallest absolute Gasteiger partial charge is 0.424 e. The molecule has 0 aliphatic heterocycles. The minimum absolute atomic E-state index is 0.389. The molecule has 0 atom stereocenters. The van der Waals surface area contributed by atoms with Crippen molar-refractivity contribution in [1.29, 1.82) is 0 Å². The lowest BCUT2D eigenvalue weighted by Gasteiger charge is -2.25. The highest BCUT2D eigenvalue weighted by Crippen LogP contribution is 2.11. The molecule has 4 nitrogen and oxygen atoms in total. The van der Waals surface area contributed by atoms with E-state index >= 15 is 0 Å². The Kier molecular flexibility index (Phi) is 5.16. The number of ether oxygens (including phenoxy) is 1. The molecule has 0 unspecified atom stereocenters. The van der Waals surface area contributed by atoms with Gasteiger partial charge in [0.05, 0.1) is 0 Å². The Bertz CT molecular complexity index is 398. The van der Waals surface area contributed by atoms with Crippen LogP contribution in [0.3, 0.4) is 0 Å². The number of halogens is 1. The van der Waals surface area contributed by atoms with Gasteiger partial charge in [-0.1, -0.05) is 28.1 Å². The van der Waals surface area contributed by atoms with Gasteiger partial charge in [0.1, 0.15) is 5.60 Å². The van der Waals surface area contributed by atoms with E-state index < -0.39 is 5.60 Å². The molecule has 0 saturated heterocycles. The fourth-order valence-corrected chi connectivity index (χ4v) is 1.47. The van der Waals surface area contributed by atoms with Crippen molar-refractivity contribution in [1.82, 2.24) is 10.4 Å². The van der Waals surface area contributed by atoms with E-state index in [2.05, 4.69) is 21.4 Å². The van der Waals surface area contributed by atoms with E-state index in [-0.39, 0.29) is 6.09 Å². The van der Waals surface area contributed by atoms with Crippen LogP contribution >= 0.6 is 15.9 Å². The fraction of sp³-hybridized carbons (Fsp3) is 0.462. The third-order valence-electron chi connectivity index (χ3n) is 2.10. The van der Waals surface area contributed by atoms with E-state index in [9.17, 15) is 4.79 Å². The lowest BCUT2D eigenvalue weighted by molar-refractivity contribution is 0.0197. The van der Waals surface area contributed by atoms with Crippen molar-refractivity contribution in [3.05, 3.63) is 34.3 Å². The lowest BCUT2D eigenvalue weighted by Crippen LogP contribution is -2.42. The third-order valence-corrected chi connectivity index (χ3v) is 2.63. The van der Waals surface area contributed by atoms with Gasteiger partial charge in [0.15, 0.2) is 0 Å². The molecule has 0 saturated carbocycles. The summed E-state index contributed by atoms with van der Waals surface area (Å²) in [6, 6.07) is 7.90. The monoisotopic (exact) mass is 314 g/mol. The summed E-state index contributed by atoms with van der Waals surface area (Å²) in [4.78, 5) is 11.7. The standard InChI is InChI=1S/C13H19BrN2O2/c1-13(2,3)18-12(17)16(4)15-9-10-5-7-11(14)8-6-10/h5-8,15H,9H2,1-4H3. The highest BCUT2D eigenvalue weighted by molar-refractivity contribution is 9.10. The molecule has 0 aliphatic rings. The van der Waals surface area contributed by atoms with Crippen molar-refractivity contribution in [2.45, 2.75) is 32.9 Å². The van der Waals surface area contributed by atoms with Crippen molar-refractivity contribution >= 4 is 22.0 Å². The van der Waals surface area contributed by atoms with Crippen LogP contribution in [0.5, 0.6) is 0 Å². The Labute approximate surface area is 116 Å². The highest BCUT2D eigenvalue weighted by atomic mass is 79.9. The molecule has 1 aromatic carbocycles. The van der Waals surface area contributed by atoms with Gasteiger partial charge in [0.25, 0.3) is 0 Å². The minimum Gasteiger partial charge on any atom is -0.443 e. The van der Waals surface area contributed by atoms with Crippen LogP contribution in [0.4, 0.5) is 4.79 Å². The number of hydrogen-bond donors (Lipinski definition) is 1. The maximum atomic E-state index is 11.7. The van der Waals surface area contributed by atoms with Crippen LogP contribution in [0.1, 0.15) is 26.3 Å². The Balaban J connectivity index is 2.43. The van der Waals surface area contributed by atoms with Gasteiger partial charge in [-0.3, -0.25) is 0 Å². The second-order valence-electron chi connectivity index (χ2n) is 5.00.